The Labute approximate surface area is 101 Å². The van der Waals surface area contributed by atoms with Gasteiger partial charge in [-0.15, -0.1) is 6.42 Å². The van der Waals surface area contributed by atoms with Crippen molar-refractivity contribution in [2.24, 2.45) is 0 Å². The summed E-state index contributed by atoms with van der Waals surface area (Å²) in [4.78, 5) is 12.6. The van der Waals surface area contributed by atoms with Crippen LogP contribution in [0.25, 0.3) is 0 Å². The molecule has 0 spiro atoms. The zero-order chi connectivity index (χ0) is 12.2. The summed E-state index contributed by atoms with van der Waals surface area (Å²) in [5.41, 5.74) is 0.530. The summed E-state index contributed by atoms with van der Waals surface area (Å²) < 4.78 is 0. The number of terminal acetylenes is 1. The Bertz CT molecular complexity index is 432. The minimum Gasteiger partial charge on any atom is -0.331 e. The number of thioether (sulfide) groups is 1. The van der Waals surface area contributed by atoms with Crippen molar-refractivity contribution in [3.8, 4) is 12.3 Å². The molecule has 84 valence electrons. The van der Waals surface area contributed by atoms with Gasteiger partial charge in [0.2, 0.25) is 0 Å². The van der Waals surface area contributed by atoms with Gasteiger partial charge >= 0.3 is 0 Å². The molecular weight excluding hydrogens is 218 g/mol. The van der Waals surface area contributed by atoms with Crippen molar-refractivity contribution < 1.29 is 4.79 Å². The Morgan fingerprint density at radius 2 is 2.19 bits per heavy atom. The molecule has 2 nitrogen and oxygen atoms in total. The second-order valence-electron chi connectivity index (χ2n) is 4.10. The van der Waals surface area contributed by atoms with Crippen molar-refractivity contribution in [1.82, 2.24) is 5.32 Å². The molecule has 0 saturated carbocycles. The van der Waals surface area contributed by atoms with Gasteiger partial charge < -0.3 is 5.32 Å². The number of hydrogen-bond acceptors (Lipinski definition) is 2. The van der Waals surface area contributed by atoms with E-state index in [0.717, 1.165) is 22.2 Å². The lowest BCUT2D eigenvalue weighted by atomic mass is 10.1. The second kappa shape index (κ2) is 5.09. The number of benzene rings is 1. The van der Waals surface area contributed by atoms with Gasteiger partial charge in [0.25, 0.3) is 5.24 Å². The van der Waals surface area contributed by atoms with Gasteiger partial charge in [0.15, 0.2) is 0 Å². The van der Waals surface area contributed by atoms with Crippen molar-refractivity contribution in [3.05, 3.63) is 29.8 Å². The van der Waals surface area contributed by atoms with Gasteiger partial charge in [0.05, 0.1) is 5.54 Å². The van der Waals surface area contributed by atoms with Crippen LogP contribution in [0.15, 0.2) is 29.2 Å². The molecule has 3 heteroatoms. The van der Waals surface area contributed by atoms with Gasteiger partial charge in [-0.2, -0.15) is 0 Å². The molecule has 0 aliphatic carbocycles. The fourth-order valence-corrected chi connectivity index (χ4v) is 2.01. The van der Waals surface area contributed by atoms with E-state index in [1.165, 1.54) is 0 Å². The molecule has 0 aliphatic heterocycles. The number of carbonyl (C=O) groups excluding carboxylic acids is 1. The first-order chi connectivity index (χ1) is 7.43. The van der Waals surface area contributed by atoms with Gasteiger partial charge in [-0.05, 0) is 44.7 Å². The molecule has 0 aliphatic rings. The highest BCUT2D eigenvalue weighted by atomic mass is 32.2. The van der Waals surface area contributed by atoms with Gasteiger partial charge in [-0.1, -0.05) is 23.6 Å². The Morgan fingerprint density at radius 1 is 1.50 bits per heavy atom. The first kappa shape index (κ1) is 12.7. The normalized spacial score (nSPS) is 10.6. The quantitative estimate of drug-likeness (QED) is 0.627. The highest BCUT2D eigenvalue weighted by molar-refractivity contribution is 8.13. The summed E-state index contributed by atoms with van der Waals surface area (Å²) in [6.45, 7) is 5.58. The van der Waals surface area contributed by atoms with Crippen LogP contribution in [0.5, 0.6) is 0 Å². The maximum absolute atomic E-state index is 11.7. The molecule has 0 unspecified atom stereocenters. The maximum Gasteiger partial charge on any atom is 0.285 e. The average molecular weight is 233 g/mol. The zero-order valence-corrected chi connectivity index (χ0v) is 10.5. The number of hydrogen-bond donors (Lipinski definition) is 1. The van der Waals surface area contributed by atoms with E-state index in [-0.39, 0.29) is 5.24 Å². The number of aryl methyl sites for hydroxylation is 1. The van der Waals surface area contributed by atoms with Gasteiger partial charge in [-0.3, -0.25) is 4.79 Å². The van der Waals surface area contributed by atoms with Crippen molar-refractivity contribution in [2.75, 3.05) is 0 Å². The molecule has 0 heterocycles. The van der Waals surface area contributed by atoms with Crippen molar-refractivity contribution in [2.45, 2.75) is 31.2 Å². The lowest BCUT2D eigenvalue weighted by Gasteiger charge is -2.18. The van der Waals surface area contributed by atoms with Crippen LogP contribution in [-0.4, -0.2) is 10.8 Å². The van der Waals surface area contributed by atoms with Crippen LogP contribution in [0.2, 0.25) is 0 Å². The largest absolute Gasteiger partial charge is 0.331 e. The number of rotatable bonds is 2. The molecule has 0 bridgehead atoms. The van der Waals surface area contributed by atoms with Crippen LogP contribution in [0.4, 0.5) is 4.79 Å². The van der Waals surface area contributed by atoms with Crippen LogP contribution in [0.3, 0.4) is 0 Å². The van der Waals surface area contributed by atoms with Crippen LogP contribution < -0.4 is 5.32 Å². The molecule has 0 saturated heterocycles. The molecule has 1 aromatic carbocycles. The van der Waals surface area contributed by atoms with E-state index < -0.39 is 5.54 Å². The number of amides is 1. The SMILES string of the molecule is C#CC(C)(C)NC(=O)Sc1cccc(C)c1. The standard InChI is InChI=1S/C13H15NOS/c1-5-13(3,4)14-12(15)16-11-8-6-7-10(2)9-11/h1,6-9H,2-4H3,(H,14,15). The van der Waals surface area contributed by atoms with Crippen molar-refractivity contribution >= 4 is 17.0 Å². The van der Waals surface area contributed by atoms with Crippen molar-refractivity contribution in [3.63, 3.8) is 0 Å². The molecule has 16 heavy (non-hydrogen) atoms. The molecule has 1 amide bonds. The fourth-order valence-electron chi connectivity index (χ4n) is 1.10. The van der Waals surface area contributed by atoms with E-state index >= 15 is 0 Å². The number of carbonyl (C=O) groups is 1. The predicted molar refractivity (Wildman–Crippen MR) is 68.5 cm³/mol. The van der Waals surface area contributed by atoms with E-state index in [9.17, 15) is 4.79 Å². The summed E-state index contributed by atoms with van der Waals surface area (Å²) in [7, 11) is 0. The summed E-state index contributed by atoms with van der Waals surface area (Å²) in [6.07, 6.45) is 5.30. The minimum absolute atomic E-state index is 0.131. The Balaban J connectivity index is 2.63. The summed E-state index contributed by atoms with van der Waals surface area (Å²) in [5, 5.41) is 2.63. The lowest BCUT2D eigenvalue weighted by Crippen LogP contribution is -2.39. The Kier molecular flexibility index (Phi) is 4.03. The third-order valence-corrected chi connectivity index (χ3v) is 2.75. The zero-order valence-electron chi connectivity index (χ0n) is 9.70. The van der Waals surface area contributed by atoms with E-state index in [4.69, 9.17) is 6.42 Å². The molecule has 1 aromatic rings. The highest BCUT2D eigenvalue weighted by Crippen LogP contribution is 2.20. The smallest absolute Gasteiger partial charge is 0.285 e. The monoisotopic (exact) mass is 233 g/mol. The van der Waals surface area contributed by atoms with Crippen LogP contribution in [-0.2, 0) is 0 Å². The molecular formula is C13H15NOS. The van der Waals surface area contributed by atoms with E-state index in [0.29, 0.717) is 0 Å². The average Bonchev–Trinajstić information content (AvgIpc) is 2.16. The topological polar surface area (TPSA) is 29.1 Å². The fraction of sp³-hybridized carbons (Fsp3) is 0.308. The first-order valence-corrected chi connectivity index (χ1v) is 5.79. The highest BCUT2D eigenvalue weighted by Gasteiger charge is 2.17. The molecule has 0 atom stereocenters. The summed E-state index contributed by atoms with van der Waals surface area (Å²) in [5.74, 6) is 2.52. The predicted octanol–water partition coefficient (Wildman–Crippen LogP) is 3.21. The van der Waals surface area contributed by atoms with Gasteiger partial charge in [-0.25, -0.2) is 0 Å². The van der Waals surface area contributed by atoms with Crippen LogP contribution >= 0.6 is 11.8 Å². The third-order valence-electron chi connectivity index (χ3n) is 1.98. The molecule has 0 fully saturated rings. The Hall–Kier alpha value is -1.40. The van der Waals surface area contributed by atoms with Crippen LogP contribution in [0.1, 0.15) is 19.4 Å². The van der Waals surface area contributed by atoms with Crippen molar-refractivity contribution in [1.29, 1.82) is 0 Å². The van der Waals surface area contributed by atoms with E-state index in [1.807, 2.05) is 31.2 Å². The molecule has 0 radical (unpaired) electrons. The van der Waals surface area contributed by atoms with Gasteiger partial charge in [0.1, 0.15) is 0 Å². The minimum atomic E-state index is -0.603. The lowest BCUT2D eigenvalue weighted by molar-refractivity contribution is 0.256. The third kappa shape index (κ3) is 4.00. The maximum atomic E-state index is 11.7. The van der Waals surface area contributed by atoms with Crippen LogP contribution in [0, 0.1) is 19.3 Å². The second-order valence-corrected chi connectivity index (χ2v) is 5.15. The number of nitrogens with one attached hydrogen (secondary N) is 1. The van der Waals surface area contributed by atoms with E-state index in [2.05, 4.69) is 11.2 Å². The first-order valence-electron chi connectivity index (χ1n) is 4.97. The molecule has 0 aromatic heterocycles. The van der Waals surface area contributed by atoms with E-state index in [1.54, 1.807) is 13.8 Å². The Morgan fingerprint density at radius 3 is 2.75 bits per heavy atom. The molecule has 1 rings (SSSR count). The van der Waals surface area contributed by atoms with Gasteiger partial charge in [0, 0.05) is 4.90 Å². The molecule has 1 N–H and O–H groups in total. The summed E-state index contributed by atoms with van der Waals surface area (Å²) >= 11 is 1.15. The summed E-state index contributed by atoms with van der Waals surface area (Å²) in [6, 6.07) is 7.79.